The molecule has 0 aromatic heterocycles. The molecule has 0 fully saturated rings. The van der Waals surface area contributed by atoms with Gasteiger partial charge in [0.15, 0.2) is 0 Å². The zero-order chi connectivity index (χ0) is 19.2. The quantitative estimate of drug-likeness (QED) is 0.767. The van der Waals surface area contributed by atoms with Gasteiger partial charge in [-0.2, -0.15) is 0 Å². The van der Waals surface area contributed by atoms with Gasteiger partial charge in [-0.15, -0.1) is 0 Å². The summed E-state index contributed by atoms with van der Waals surface area (Å²) in [5.74, 6) is 0.331. The van der Waals surface area contributed by atoms with Crippen molar-refractivity contribution in [1.82, 2.24) is 9.62 Å². The number of carbonyl (C=O) groups excluding carboxylic acids is 1. The number of hydrogen-bond acceptors (Lipinski definition) is 4. The van der Waals surface area contributed by atoms with Gasteiger partial charge in [0.1, 0.15) is 5.75 Å². The second kappa shape index (κ2) is 8.82. The zero-order valence-corrected chi connectivity index (χ0v) is 16.0. The van der Waals surface area contributed by atoms with Gasteiger partial charge in [0, 0.05) is 26.2 Å². The molecule has 6 nitrogen and oxygen atoms in total. The highest BCUT2D eigenvalue weighted by atomic mass is 32.2. The van der Waals surface area contributed by atoms with Crippen LogP contribution in [0.15, 0.2) is 48.5 Å². The summed E-state index contributed by atoms with van der Waals surface area (Å²) in [7, 11) is -0.394. The standard InChI is InChI=1S/C19H24N2O4S/c1-4-25-18-10-6-8-16(14-18)15-7-5-9-17(13-15)19(22)20-11-12-26(23,24)21(2)3/h5-10,13-14H,4,11-12H2,1-3H3,(H,20,22). The number of carbonyl (C=O) groups is 1. The van der Waals surface area contributed by atoms with Gasteiger partial charge in [0.2, 0.25) is 10.0 Å². The van der Waals surface area contributed by atoms with Crippen LogP contribution >= 0.6 is 0 Å². The number of ether oxygens (including phenoxy) is 1. The van der Waals surface area contributed by atoms with E-state index in [1.165, 1.54) is 14.1 Å². The molecule has 0 aliphatic carbocycles. The largest absolute Gasteiger partial charge is 0.494 e. The summed E-state index contributed by atoms with van der Waals surface area (Å²) < 4.78 is 30.1. The van der Waals surface area contributed by atoms with Crippen LogP contribution in [0.1, 0.15) is 17.3 Å². The van der Waals surface area contributed by atoms with Crippen molar-refractivity contribution in [3.05, 3.63) is 54.1 Å². The van der Waals surface area contributed by atoms with Crippen molar-refractivity contribution in [2.45, 2.75) is 6.92 Å². The van der Waals surface area contributed by atoms with Gasteiger partial charge in [0.25, 0.3) is 5.91 Å². The SMILES string of the molecule is CCOc1cccc(-c2cccc(C(=O)NCCS(=O)(=O)N(C)C)c2)c1. The van der Waals surface area contributed by atoms with Crippen molar-refractivity contribution in [2.75, 3.05) is 33.0 Å². The van der Waals surface area contributed by atoms with Crippen LogP contribution in [0.25, 0.3) is 11.1 Å². The van der Waals surface area contributed by atoms with Crippen LogP contribution < -0.4 is 10.1 Å². The minimum absolute atomic E-state index is 0.0589. The summed E-state index contributed by atoms with van der Waals surface area (Å²) in [6, 6.07) is 14.8. The maximum atomic E-state index is 12.3. The monoisotopic (exact) mass is 376 g/mol. The van der Waals surface area contributed by atoms with E-state index in [0.29, 0.717) is 12.2 Å². The lowest BCUT2D eigenvalue weighted by Crippen LogP contribution is -2.33. The molecule has 26 heavy (non-hydrogen) atoms. The molecular formula is C19H24N2O4S. The van der Waals surface area contributed by atoms with E-state index in [-0.39, 0.29) is 18.2 Å². The lowest BCUT2D eigenvalue weighted by Gasteiger charge is -2.12. The number of rotatable bonds is 8. The van der Waals surface area contributed by atoms with Gasteiger partial charge < -0.3 is 10.1 Å². The molecule has 2 aromatic rings. The Hall–Kier alpha value is -2.38. The summed E-state index contributed by atoms with van der Waals surface area (Å²) in [5.41, 5.74) is 2.31. The van der Waals surface area contributed by atoms with Crippen molar-refractivity contribution in [3.8, 4) is 16.9 Å². The predicted octanol–water partition coefficient (Wildman–Crippen LogP) is 2.37. The number of benzene rings is 2. The molecule has 0 unspecified atom stereocenters. The molecule has 0 aliphatic heterocycles. The molecule has 0 radical (unpaired) electrons. The van der Waals surface area contributed by atoms with Crippen LogP contribution in [-0.2, 0) is 10.0 Å². The Morgan fingerprint density at radius 1 is 1.08 bits per heavy atom. The number of sulfonamides is 1. The molecule has 0 heterocycles. The first kappa shape index (κ1) is 19.9. The highest BCUT2D eigenvalue weighted by Gasteiger charge is 2.14. The lowest BCUT2D eigenvalue weighted by atomic mass is 10.0. The smallest absolute Gasteiger partial charge is 0.251 e. The number of nitrogens with zero attached hydrogens (tertiary/aromatic N) is 1. The van der Waals surface area contributed by atoms with E-state index >= 15 is 0 Å². The molecular weight excluding hydrogens is 352 g/mol. The summed E-state index contributed by atoms with van der Waals surface area (Å²) in [5, 5.41) is 2.65. The zero-order valence-electron chi connectivity index (χ0n) is 15.2. The Morgan fingerprint density at radius 2 is 1.73 bits per heavy atom. The van der Waals surface area contributed by atoms with Gasteiger partial charge in [-0.05, 0) is 42.3 Å². The molecule has 2 aromatic carbocycles. The second-order valence-electron chi connectivity index (χ2n) is 5.90. The van der Waals surface area contributed by atoms with Crippen LogP contribution in [0.5, 0.6) is 5.75 Å². The Bertz CT molecular complexity index is 863. The van der Waals surface area contributed by atoms with Crippen molar-refractivity contribution < 1.29 is 17.9 Å². The van der Waals surface area contributed by atoms with Gasteiger partial charge in [-0.3, -0.25) is 4.79 Å². The summed E-state index contributed by atoms with van der Waals surface area (Å²) in [4.78, 5) is 12.3. The third kappa shape index (κ3) is 5.31. The number of nitrogens with one attached hydrogen (secondary N) is 1. The van der Waals surface area contributed by atoms with Crippen molar-refractivity contribution in [2.24, 2.45) is 0 Å². The van der Waals surface area contributed by atoms with Crippen molar-refractivity contribution in [1.29, 1.82) is 0 Å². The Labute approximate surface area is 154 Å². The molecule has 0 bridgehead atoms. The van der Waals surface area contributed by atoms with E-state index in [9.17, 15) is 13.2 Å². The third-order valence-corrected chi connectivity index (χ3v) is 5.64. The summed E-state index contributed by atoms with van der Waals surface area (Å²) in [6.45, 7) is 2.57. The highest BCUT2D eigenvalue weighted by molar-refractivity contribution is 7.89. The van der Waals surface area contributed by atoms with E-state index in [1.54, 1.807) is 18.2 Å². The fourth-order valence-corrected chi connectivity index (χ4v) is 3.08. The first-order valence-corrected chi connectivity index (χ1v) is 9.96. The fourth-order valence-electron chi connectivity index (χ4n) is 2.35. The highest BCUT2D eigenvalue weighted by Crippen LogP contribution is 2.24. The lowest BCUT2D eigenvalue weighted by molar-refractivity contribution is 0.0956. The number of hydrogen-bond donors (Lipinski definition) is 1. The second-order valence-corrected chi connectivity index (χ2v) is 8.20. The average molecular weight is 376 g/mol. The van der Waals surface area contributed by atoms with Crippen LogP contribution in [0, 0.1) is 0 Å². The average Bonchev–Trinajstić information content (AvgIpc) is 2.62. The van der Waals surface area contributed by atoms with E-state index in [4.69, 9.17) is 4.74 Å². The topological polar surface area (TPSA) is 75.7 Å². The van der Waals surface area contributed by atoms with Crippen molar-refractivity contribution in [3.63, 3.8) is 0 Å². The summed E-state index contributed by atoms with van der Waals surface area (Å²) in [6.07, 6.45) is 0. The minimum Gasteiger partial charge on any atom is -0.494 e. The maximum Gasteiger partial charge on any atom is 0.251 e. The third-order valence-electron chi connectivity index (χ3n) is 3.81. The molecule has 1 N–H and O–H groups in total. The Morgan fingerprint density at radius 3 is 2.38 bits per heavy atom. The maximum absolute atomic E-state index is 12.3. The van der Waals surface area contributed by atoms with Gasteiger partial charge >= 0.3 is 0 Å². The molecule has 0 aliphatic rings. The normalized spacial score (nSPS) is 11.4. The molecule has 0 saturated heterocycles. The Kier molecular flexibility index (Phi) is 6.76. The van der Waals surface area contributed by atoms with E-state index < -0.39 is 10.0 Å². The minimum atomic E-state index is -3.33. The first-order chi connectivity index (χ1) is 12.3. The molecule has 0 atom stereocenters. The fraction of sp³-hybridized carbons (Fsp3) is 0.316. The molecule has 140 valence electrons. The Balaban J connectivity index is 2.09. The first-order valence-electron chi connectivity index (χ1n) is 8.35. The number of amides is 1. The van der Waals surface area contributed by atoms with Crippen molar-refractivity contribution >= 4 is 15.9 Å². The molecule has 0 spiro atoms. The van der Waals surface area contributed by atoms with E-state index in [1.807, 2.05) is 37.3 Å². The molecule has 1 amide bonds. The predicted molar refractivity (Wildman–Crippen MR) is 103 cm³/mol. The van der Waals surface area contributed by atoms with Crippen LogP contribution in [-0.4, -0.2) is 51.6 Å². The molecule has 0 saturated carbocycles. The van der Waals surface area contributed by atoms with Gasteiger partial charge in [-0.25, -0.2) is 12.7 Å². The van der Waals surface area contributed by atoms with E-state index in [2.05, 4.69) is 5.32 Å². The van der Waals surface area contributed by atoms with Crippen LogP contribution in [0.2, 0.25) is 0 Å². The van der Waals surface area contributed by atoms with E-state index in [0.717, 1.165) is 21.2 Å². The van der Waals surface area contributed by atoms with Gasteiger partial charge in [-0.1, -0.05) is 24.3 Å². The molecule has 2 rings (SSSR count). The van der Waals surface area contributed by atoms with Crippen LogP contribution in [0.3, 0.4) is 0 Å². The summed E-state index contributed by atoms with van der Waals surface area (Å²) >= 11 is 0. The van der Waals surface area contributed by atoms with Crippen LogP contribution in [0.4, 0.5) is 0 Å². The molecule has 7 heteroatoms. The van der Waals surface area contributed by atoms with Gasteiger partial charge in [0.05, 0.1) is 12.4 Å².